The molecule has 1 aromatic carbocycles. The van der Waals surface area contributed by atoms with Crippen LogP contribution in [0.5, 0.6) is 5.88 Å². The molecule has 0 unspecified atom stereocenters. The first-order chi connectivity index (χ1) is 12.1. The Morgan fingerprint density at radius 1 is 1.24 bits per heavy atom. The quantitative estimate of drug-likeness (QED) is 0.693. The molecule has 1 aliphatic heterocycles. The molecule has 4 rings (SSSR count). The predicted molar refractivity (Wildman–Crippen MR) is 94.2 cm³/mol. The molecule has 3 heterocycles. The lowest BCUT2D eigenvalue weighted by molar-refractivity contribution is -0.112. The van der Waals surface area contributed by atoms with Gasteiger partial charge in [-0.3, -0.25) is 9.36 Å². The lowest BCUT2D eigenvalue weighted by atomic mass is 10.1. The van der Waals surface area contributed by atoms with Crippen molar-refractivity contribution in [1.82, 2.24) is 9.55 Å². The lowest BCUT2D eigenvalue weighted by Crippen LogP contribution is -2.22. The van der Waals surface area contributed by atoms with E-state index in [2.05, 4.69) is 15.0 Å². The van der Waals surface area contributed by atoms with Crippen LogP contribution >= 0.6 is 22.9 Å². The standard InChI is InChI=1S/C17H11ClN4O2S/c1-22-16(24)13(12-9-5-2-3-6-10(9)20-15(12)23)25-17(22)21-11-7-4-8-19-14(11)18/h2-8,24H,1H3. The third-order valence-electron chi connectivity index (χ3n) is 3.79. The molecule has 0 aliphatic carbocycles. The molecule has 0 saturated carbocycles. The maximum absolute atomic E-state index is 12.3. The van der Waals surface area contributed by atoms with Gasteiger partial charge >= 0.3 is 0 Å². The van der Waals surface area contributed by atoms with Gasteiger partial charge in [0.1, 0.15) is 10.6 Å². The molecule has 0 radical (unpaired) electrons. The summed E-state index contributed by atoms with van der Waals surface area (Å²) in [6, 6.07) is 10.7. The van der Waals surface area contributed by atoms with Gasteiger partial charge in [-0.15, -0.1) is 0 Å². The van der Waals surface area contributed by atoms with Gasteiger partial charge in [0.2, 0.25) is 5.88 Å². The second-order valence-electron chi connectivity index (χ2n) is 5.33. The summed E-state index contributed by atoms with van der Waals surface area (Å²) in [5, 5.41) is 12.1. The van der Waals surface area contributed by atoms with Crippen molar-refractivity contribution in [2.24, 2.45) is 17.0 Å². The van der Waals surface area contributed by atoms with E-state index in [1.54, 1.807) is 31.4 Å². The number of hydrogen-bond acceptors (Lipinski definition) is 5. The number of carbonyl (C=O) groups excluding carboxylic acids is 1. The van der Waals surface area contributed by atoms with E-state index >= 15 is 0 Å². The van der Waals surface area contributed by atoms with Gasteiger partial charge in [0.25, 0.3) is 5.91 Å². The Labute approximate surface area is 150 Å². The van der Waals surface area contributed by atoms with E-state index in [1.807, 2.05) is 18.2 Å². The van der Waals surface area contributed by atoms with Gasteiger partial charge < -0.3 is 5.11 Å². The Morgan fingerprint density at radius 3 is 2.84 bits per heavy atom. The minimum atomic E-state index is -0.371. The number of rotatable bonds is 2. The molecule has 0 atom stereocenters. The van der Waals surface area contributed by atoms with E-state index in [0.29, 0.717) is 31.5 Å². The number of aromatic hydroxyl groups is 1. The summed E-state index contributed by atoms with van der Waals surface area (Å²) in [7, 11) is 1.67. The van der Waals surface area contributed by atoms with Crippen molar-refractivity contribution in [3.05, 3.63) is 68.0 Å². The van der Waals surface area contributed by atoms with Crippen LogP contribution in [0, 0.1) is 0 Å². The third-order valence-corrected chi connectivity index (χ3v) is 5.22. The Hall–Kier alpha value is -2.77. The summed E-state index contributed by atoms with van der Waals surface area (Å²) in [4.78, 5) is 25.7. The molecule has 124 valence electrons. The average Bonchev–Trinajstić information content (AvgIpc) is 3.07. The minimum Gasteiger partial charge on any atom is -0.493 e. The van der Waals surface area contributed by atoms with E-state index < -0.39 is 0 Å². The van der Waals surface area contributed by atoms with Crippen LogP contribution in [-0.2, 0) is 11.8 Å². The number of fused-ring (bicyclic) bond motifs is 1. The zero-order chi connectivity index (χ0) is 17.6. The highest BCUT2D eigenvalue weighted by Crippen LogP contribution is 2.28. The first-order valence-corrected chi connectivity index (χ1v) is 8.52. The Bertz CT molecular complexity index is 1210. The van der Waals surface area contributed by atoms with Gasteiger partial charge in [-0.25, -0.2) is 15.0 Å². The van der Waals surface area contributed by atoms with E-state index in [9.17, 15) is 9.90 Å². The number of halogens is 1. The smallest absolute Gasteiger partial charge is 0.279 e. The molecule has 0 spiro atoms. The third kappa shape index (κ3) is 2.57. The molecule has 1 N–H and O–H groups in total. The van der Waals surface area contributed by atoms with Crippen LogP contribution in [0.2, 0.25) is 5.15 Å². The first kappa shape index (κ1) is 15.7. The molecule has 1 amide bonds. The average molecular weight is 371 g/mol. The molecule has 6 nitrogen and oxygen atoms in total. The van der Waals surface area contributed by atoms with Crippen molar-refractivity contribution in [2.45, 2.75) is 0 Å². The Morgan fingerprint density at radius 2 is 2.04 bits per heavy atom. The number of para-hydroxylation sites is 1. The van der Waals surface area contributed by atoms with E-state index in [-0.39, 0.29) is 16.9 Å². The molecule has 1 aliphatic rings. The summed E-state index contributed by atoms with van der Waals surface area (Å²) in [6.07, 6.45) is 1.57. The molecular weight excluding hydrogens is 360 g/mol. The fraction of sp³-hybridized carbons (Fsp3) is 0.0588. The second kappa shape index (κ2) is 5.94. The zero-order valence-electron chi connectivity index (χ0n) is 13.0. The SMILES string of the molecule is Cn1c(O)c(C2=c3ccccc3=NC2=O)sc1=Nc1cccnc1Cl. The van der Waals surface area contributed by atoms with Crippen LogP contribution in [0.3, 0.4) is 0 Å². The molecular formula is C17H11ClN4O2S. The van der Waals surface area contributed by atoms with Gasteiger partial charge in [-0.1, -0.05) is 41.1 Å². The molecule has 2 aromatic heterocycles. The van der Waals surface area contributed by atoms with Gasteiger partial charge in [0, 0.05) is 18.5 Å². The number of amides is 1. The summed E-state index contributed by atoms with van der Waals surface area (Å²) in [5.74, 6) is -0.414. The van der Waals surface area contributed by atoms with E-state index in [4.69, 9.17) is 11.6 Å². The van der Waals surface area contributed by atoms with Crippen molar-refractivity contribution in [1.29, 1.82) is 0 Å². The monoisotopic (exact) mass is 370 g/mol. The molecule has 3 aromatic rings. The molecule has 8 heteroatoms. The normalized spacial score (nSPS) is 13.9. The van der Waals surface area contributed by atoms with Gasteiger partial charge in [0.05, 0.1) is 10.9 Å². The van der Waals surface area contributed by atoms with Crippen molar-refractivity contribution in [3.8, 4) is 5.88 Å². The highest BCUT2D eigenvalue weighted by atomic mass is 35.5. The maximum Gasteiger partial charge on any atom is 0.279 e. The fourth-order valence-corrected chi connectivity index (χ4v) is 3.79. The van der Waals surface area contributed by atoms with Gasteiger partial charge in [-0.2, -0.15) is 0 Å². The number of nitrogens with zero attached hydrogens (tertiary/aromatic N) is 4. The highest BCUT2D eigenvalue weighted by Gasteiger charge is 2.24. The van der Waals surface area contributed by atoms with E-state index in [1.165, 1.54) is 15.9 Å². The number of aromatic nitrogens is 2. The summed E-state index contributed by atoms with van der Waals surface area (Å²) in [6.45, 7) is 0. The lowest BCUT2D eigenvalue weighted by Gasteiger charge is -1.98. The van der Waals surface area contributed by atoms with Crippen molar-refractivity contribution in [2.75, 3.05) is 0 Å². The predicted octanol–water partition coefficient (Wildman–Crippen LogP) is 1.43. The minimum absolute atomic E-state index is 0.0426. The van der Waals surface area contributed by atoms with Crippen LogP contribution < -0.4 is 15.4 Å². The fourth-order valence-electron chi connectivity index (χ4n) is 2.56. The van der Waals surface area contributed by atoms with Gasteiger partial charge in [0.15, 0.2) is 9.95 Å². The van der Waals surface area contributed by atoms with Crippen LogP contribution in [0.15, 0.2) is 52.6 Å². The number of hydrogen-bond donors (Lipinski definition) is 1. The summed E-state index contributed by atoms with van der Waals surface area (Å²) >= 11 is 7.24. The topological polar surface area (TPSA) is 79.8 Å². The molecule has 0 saturated heterocycles. The Kier molecular flexibility index (Phi) is 3.74. The van der Waals surface area contributed by atoms with Crippen LogP contribution in [0.1, 0.15) is 4.88 Å². The Balaban J connectivity index is 1.98. The van der Waals surface area contributed by atoms with E-state index in [0.717, 1.165) is 0 Å². The van der Waals surface area contributed by atoms with Crippen LogP contribution in [0.4, 0.5) is 5.69 Å². The molecule has 0 bridgehead atoms. The number of carbonyl (C=O) groups is 1. The molecule has 25 heavy (non-hydrogen) atoms. The largest absolute Gasteiger partial charge is 0.493 e. The van der Waals surface area contributed by atoms with Crippen molar-refractivity contribution in [3.63, 3.8) is 0 Å². The number of benzene rings is 1. The van der Waals surface area contributed by atoms with Crippen LogP contribution in [0.25, 0.3) is 5.57 Å². The van der Waals surface area contributed by atoms with Gasteiger partial charge in [-0.05, 0) is 18.2 Å². The number of pyridine rings is 1. The van der Waals surface area contributed by atoms with Crippen molar-refractivity contribution < 1.29 is 9.90 Å². The summed E-state index contributed by atoms with van der Waals surface area (Å²) < 4.78 is 1.50. The summed E-state index contributed by atoms with van der Waals surface area (Å²) in [5.41, 5.74) is 0.868. The second-order valence-corrected chi connectivity index (χ2v) is 6.67. The maximum atomic E-state index is 12.3. The van der Waals surface area contributed by atoms with Crippen molar-refractivity contribution >= 4 is 40.1 Å². The molecule has 0 fully saturated rings. The van der Waals surface area contributed by atoms with Crippen LogP contribution in [-0.4, -0.2) is 20.6 Å². The highest BCUT2D eigenvalue weighted by molar-refractivity contribution is 7.11. The zero-order valence-corrected chi connectivity index (χ0v) is 14.5. The number of thiazole rings is 1. The first-order valence-electron chi connectivity index (χ1n) is 7.33.